The summed E-state index contributed by atoms with van der Waals surface area (Å²) in [6.07, 6.45) is 0. The molecule has 36 heavy (non-hydrogen) atoms. The van der Waals surface area contributed by atoms with Crippen molar-refractivity contribution < 1.29 is 14.3 Å². The van der Waals surface area contributed by atoms with Gasteiger partial charge in [-0.2, -0.15) is 0 Å². The minimum atomic E-state index is -0.285. The Morgan fingerprint density at radius 1 is 0.972 bits per heavy atom. The largest absolute Gasteiger partial charge is 0.490 e. The molecular formula is C28H30ClN3O3S. The lowest BCUT2D eigenvalue weighted by Crippen LogP contribution is -2.48. The number of amides is 1. The molecule has 1 fully saturated rings. The van der Waals surface area contributed by atoms with Crippen LogP contribution in [0, 0.1) is 0 Å². The molecule has 0 aliphatic carbocycles. The molecule has 0 bridgehead atoms. The SMILES string of the molecule is CCOc1cc(C(=S)N2CCN(Cc3ccccc3)CC2)cc(Cl)c1OCC(=O)Nc1ccccc1. The predicted octanol–water partition coefficient (Wildman–Crippen LogP) is 5.25. The van der Waals surface area contributed by atoms with Gasteiger partial charge in [-0.05, 0) is 36.8 Å². The van der Waals surface area contributed by atoms with E-state index in [1.54, 1.807) is 6.07 Å². The van der Waals surface area contributed by atoms with Crippen LogP contribution in [0.5, 0.6) is 11.5 Å². The fourth-order valence-corrected chi connectivity index (χ4v) is 4.65. The van der Waals surface area contributed by atoms with Crippen molar-refractivity contribution in [3.8, 4) is 11.5 Å². The van der Waals surface area contributed by atoms with E-state index in [4.69, 9.17) is 33.3 Å². The van der Waals surface area contributed by atoms with Crippen LogP contribution in [0.1, 0.15) is 18.1 Å². The zero-order valence-electron chi connectivity index (χ0n) is 20.3. The number of halogens is 1. The molecule has 0 radical (unpaired) electrons. The van der Waals surface area contributed by atoms with E-state index >= 15 is 0 Å². The first kappa shape index (κ1) is 25.9. The maximum Gasteiger partial charge on any atom is 0.262 e. The summed E-state index contributed by atoms with van der Waals surface area (Å²) in [5.41, 5.74) is 2.82. The molecule has 3 aromatic carbocycles. The lowest BCUT2D eigenvalue weighted by Gasteiger charge is -2.36. The van der Waals surface area contributed by atoms with E-state index in [9.17, 15) is 4.79 Å². The Kier molecular flexibility index (Phi) is 9.17. The molecule has 0 aromatic heterocycles. The molecule has 0 atom stereocenters. The molecule has 1 N–H and O–H groups in total. The quantitative estimate of drug-likeness (QED) is 0.387. The Labute approximate surface area is 222 Å². The Hall–Kier alpha value is -3.13. The number of hydrogen-bond acceptors (Lipinski definition) is 5. The lowest BCUT2D eigenvalue weighted by molar-refractivity contribution is -0.118. The number of nitrogens with one attached hydrogen (secondary N) is 1. The van der Waals surface area contributed by atoms with Crippen molar-refractivity contribution in [3.05, 3.63) is 88.9 Å². The van der Waals surface area contributed by atoms with Crippen molar-refractivity contribution in [1.82, 2.24) is 9.80 Å². The number of anilines is 1. The van der Waals surface area contributed by atoms with Crippen molar-refractivity contribution in [3.63, 3.8) is 0 Å². The summed E-state index contributed by atoms with van der Waals surface area (Å²) in [4.78, 5) is 17.7. The average molecular weight is 524 g/mol. The van der Waals surface area contributed by atoms with E-state index in [2.05, 4.69) is 39.4 Å². The molecule has 1 saturated heterocycles. The van der Waals surface area contributed by atoms with Gasteiger partial charge >= 0.3 is 0 Å². The van der Waals surface area contributed by atoms with Crippen LogP contribution < -0.4 is 14.8 Å². The minimum absolute atomic E-state index is 0.193. The molecule has 4 rings (SSSR count). The third kappa shape index (κ3) is 6.97. The number of carbonyl (C=O) groups excluding carboxylic acids is 1. The van der Waals surface area contributed by atoms with Crippen LogP contribution in [0.2, 0.25) is 5.02 Å². The molecule has 0 saturated carbocycles. The summed E-state index contributed by atoms with van der Waals surface area (Å²) >= 11 is 12.4. The number of benzene rings is 3. The van der Waals surface area contributed by atoms with E-state index in [-0.39, 0.29) is 12.5 Å². The van der Waals surface area contributed by atoms with Gasteiger partial charge in [-0.1, -0.05) is 72.3 Å². The Balaban J connectivity index is 1.38. The van der Waals surface area contributed by atoms with Crippen molar-refractivity contribution in [1.29, 1.82) is 0 Å². The molecule has 6 nitrogen and oxygen atoms in total. The Morgan fingerprint density at radius 3 is 2.31 bits per heavy atom. The number of nitrogens with zero attached hydrogens (tertiary/aromatic N) is 2. The molecular weight excluding hydrogens is 494 g/mol. The van der Waals surface area contributed by atoms with E-state index in [0.29, 0.717) is 28.8 Å². The van der Waals surface area contributed by atoms with Crippen LogP contribution in [0.25, 0.3) is 0 Å². The van der Waals surface area contributed by atoms with Crippen LogP contribution in [-0.2, 0) is 11.3 Å². The van der Waals surface area contributed by atoms with Crippen molar-refractivity contribution in [2.45, 2.75) is 13.5 Å². The summed E-state index contributed by atoms with van der Waals surface area (Å²) in [7, 11) is 0. The van der Waals surface area contributed by atoms with Gasteiger partial charge in [-0.25, -0.2) is 0 Å². The second-order valence-electron chi connectivity index (χ2n) is 8.48. The van der Waals surface area contributed by atoms with Gasteiger partial charge in [0, 0.05) is 44.0 Å². The summed E-state index contributed by atoms with van der Waals surface area (Å²) < 4.78 is 11.6. The summed E-state index contributed by atoms with van der Waals surface area (Å²) in [5.74, 6) is 0.520. The third-order valence-electron chi connectivity index (χ3n) is 5.87. The molecule has 1 heterocycles. The molecule has 0 unspecified atom stereocenters. The van der Waals surface area contributed by atoms with Crippen LogP contribution in [-0.4, -0.2) is 60.1 Å². The highest BCUT2D eigenvalue weighted by Gasteiger charge is 2.22. The van der Waals surface area contributed by atoms with Crippen molar-refractivity contribution >= 4 is 40.4 Å². The van der Waals surface area contributed by atoms with Gasteiger partial charge in [-0.15, -0.1) is 0 Å². The van der Waals surface area contributed by atoms with Gasteiger partial charge in [-0.3, -0.25) is 9.69 Å². The number of thiocarbonyl (C=S) groups is 1. The first-order valence-electron chi connectivity index (χ1n) is 12.0. The smallest absolute Gasteiger partial charge is 0.262 e. The van der Waals surface area contributed by atoms with Gasteiger partial charge in [0.05, 0.1) is 11.6 Å². The van der Waals surface area contributed by atoms with Gasteiger partial charge in [0.1, 0.15) is 4.99 Å². The number of piperazine rings is 1. The third-order valence-corrected chi connectivity index (χ3v) is 6.64. The monoisotopic (exact) mass is 523 g/mol. The molecule has 0 spiro atoms. The summed E-state index contributed by atoms with van der Waals surface area (Å²) in [6, 6.07) is 23.3. The number of carbonyl (C=O) groups is 1. The fraction of sp³-hybridized carbons (Fsp3) is 0.286. The van der Waals surface area contributed by atoms with E-state index < -0.39 is 0 Å². The first-order valence-corrected chi connectivity index (χ1v) is 12.8. The van der Waals surface area contributed by atoms with Crippen LogP contribution in [0.4, 0.5) is 5.69 Å². The van der Waals surface area contributed by atoms with E-state index in [1.807, 2.05) is 49.4 Å². The maximum absolute atomic E-state index is 12.3. The molecule has 1 aliphatic heterocycles. The van der Waals surface area contributed by atoms with Crippen LogP contribution >= 0.6 is 23.8 Å². The topological polar surface area (TPSA) is 54.0 Å². The molecule has 1 amide bonds. The minimum Gasteiger partial charge on any atom is -0.490 e. The predicted molar refractivity (Wildman–Crippen MR) is 148 cm³/mol. The zero-order valence-corrected chi connectivity index (χ0v) is 21.9. The fourth-order valence-electron chi connectivity index (χ4n) is 4.08. The van der Waals surface area contributed by atoms with Gasteiger partial charge in [0.15, 0.2) is 18.1 Å². The number of ether oxygens (including phenoxy) is 2. The highest BCUT2D eigenvalue weighted by molar-refractivity contribution is 7.80. The van der Waals surface area contributed by atoms with Gasteiger partial charge < -0.3 is 19.7 Å². The summed E-state index contributed by atoms with van der Waals surface area (Å²) in [6.45, 7) is 6.59. The van der Waals surface area contributed by atoms with Crippen molar-refractivity contribution in [2.24, 2.45) is 0 Å². The normalized spacial score (nSPS) is 13.8. The van der Waals surface area contributed by atoms with E-state index in [1.165, 1.54) is 5.56 Å². The van der Waals surface area contributed by atoms with E-state index in [0.717, 1.165) is 43.3 Å². The standard InChI is InChI=1S/C28H30ClN3O3S/c1-2-34-25-18-22(17-24(29)27(25)35-20-26(33)30-23-11-7-4-8-12-23)28(36)32-15-13-31(14-16-32)19-21-9-5-3-6-10-21/h3-12,17-18H,2,13-16,19-20H2,1H3,(H,30,33). The second-order valence-corrected chi connectivity index (χ2v) is 9.27. The average Bonchev–Trinajstić information content (AvgIpc) is 2.89. The number of rotatable bonds is 9. The van der Waals surface area contributed by atoms with Gasteiger partial charge in [0.25, 0.3) is 5.91 Å². The second kappa shape index (κ2) is 12.7. The molecule has 188 valence electrons. The van der Waals surface area contributed by atoms with Crippen molar-refractivity contribution in [2.75, 3.05) is 44.7 Å². The highest BCUT2D eigenvalue weighted by atomic mass is 35.5. The zero-order chi connectivity index (χ0) is 25.3. The number of para-hydroxylation sites is 1. The Morgan fingerprint density at radius 2 is 1.64 bits per heavy atom. The lowest BCUT2D eigenvalue weighted by atomic mass is 10.1. The highest BCUT2D eigenvalue weighted by Crippen LogP contribution is 2.37. The molecule has 1 aliphatic rings. The molecule has 3 aromatic rings. The van der Waals surface area contributed by atoms with Crippen LogP contribution in [0.15, 0.2) is 72.8 Å². The van der Waals surface area contributed by atoms with Gasteiger partial charge in [0.2, 0.25) is 0 Å². The number of hydrogen-bond donors (Lipinski definition) is 1. The molecule has 8 heteroatoms. The maximum atomic E-state index is 12.3. The summed E-state index contributed by atoms with van der Waals surface area (Å²) in [5, 5.41) is 3.15. The Bertz CT molecular complexity index is 1170. The first-order chi connectivity index (χ1) is 17.5. The van der Waals surface area contributed by atoms with Crippen LogP contribution in [0.3, 0.4) is 0 Å².